The summed E-state index contributed by atoms with van der Waals surface area (Å²) in [5.41, 5.74) is 0. The minimum absolute atomic E-state index is 0.0850. The second-order valence-corrected chi connectivity index (χ2v) is 3.10. The molecule has 1 unspecified atom stereocenters. The lowest BCUT2D eigenvalue weighted by molar-refractivity contribution is -0.134. The van der Waals surface area contributed by atoms with Gasteiger partial charge in [-0.25, -0.2) is 0 Å². The molecule has 12 heavy (non-hydrogen) atoms. The molecule has 0 amide bonds. The first-order chi connectivity index (χ1) is 5.79. The van der Waals surface area contributed by atoms with Crippen molar-refractivity contribution >= 4 is 5.78 Å². The Kier molecular flexibility index (Phi) is 3.69. The topological polar surface area (TPSA) is 35.5 Å². The minimum Gasteiger partial charge on any atom is -0.374 e. The third-order valence-corrected chi connectivity index (χ3v) is 2.07. The van der Waals surface area contributed by atoms with Crippen LogP contribution in [0.3, 0.4) is 0 Å². The van der Waals surface area contributed by atoms with Crippen molar-refractivity contribution in [2.75, 3.05) is 20.3 Å². The molecule has 0 N–H and O–H groups in total. The van der Waals surface area contributed by atoms with Crippen LogP contribution in [0, 0.1) is 5.92 Å². The Morgan fingerprint density at radius 1 is 1.58 bits per heavy atom. The average Bonchev–Trinajstić information content (AvgIpc) is 2.86. The molecule has 0 saturated heterocycles. The van der Waals surface area contributed by atoms with E-state index in [0.29, 0.717) is 12.5 Å². The van der Waals surface area contributed by atoms with Gasteiger partial charge in [-0.1, -0.05) is 0 Å². The van der Waals surface area contributed by atoms with Gasteiger partial charge in [0.2, 0.25) is 0 Å². The first-order valence-corrected chi connectivity index (χ1v) is 4.42. The summed E-state index contributed by atoms with van der Waals surface area (Å²) in [6.07, 6.45) is 2.03. The second-order valence-electron chi connectivity index (χ2n) is 3.10. The number of ketones is 1. The van der Waals surface area contributed by atoms with Crippen LogP contribution in [-0.4, -0.2) is 32.2 Å². The molecule has 0 spiro atoms. The highest BCUT2D eigenvalue weighted by atomic mass is 16.5. The molecule has 1 fully saturated rings. The van der Waals surface area contributed by atoms with Crippen LogP contribution in [0.4, 0.5) is 0 Å². The van der Waals surface area contributed by atoms with E-state index in [-0.39, 0.29) is 18.5 Å². The fourth-order valence-corrected chi connectivity index (χ4v) is 1.27. The summed E-state index contributed by atoms with van der Waals surface area (Å²) in [5.74, 6) is 0.546. The lowest BCUT2D eigenvalue weighted by atomic mass is 10.1. The van der Waals surface area contributed by atoms with Crippen molar-refractivity contribution in [2.45, 2.75) is 25.9 Å². The van der Waals surface area contributed by atoms with E-state index in [9.17, 15) is 4.79 Å². The van der Waals surface area contributed by atoms with E-state index >= 15 is 0 Å². The Morgan fingerprint density at radius 2 is 2.25 bits per heavy atom. The van der Waals surface area contributed by atoms with Crippen LogP contribution in [0.25, 0.3) is 0 Å². The van der Waals surface area contributed by atoms with Crippen LogP contribution in [0.2, 0.25) is 0 Å². The number of rotatable bonds is 6. The van der Waals surface area contributed by atoms with Gasteiger partial charge in [0.1, 0.15) is 12.7 Å². The van der Waals surface area contributed by atoms with Crippen molar-refractivity contribution in [1.29, 1.82) is 0 Å². The first-order valence-electron chi connectivity index (χ1n) is 4.42. The summed E-state index contributed by atoms with van der Waals surface area (Å²) < 4.78 is 10.1. The van der Waals surface area contributed by atoms with Gasteiger partial charge < -0.3 is 9.47 Å². The number of hydrogen-bond donors (Lipinski definition) is 0. The van der Waals surface area contributed by atoms with Gasteiger partial charge in [-0.15, -0.1) is 0 Å². The number of carbonyl (C=O) groups excluding carboxylic acids is 1. The van der Waals surface area contributed by atoms with Crippen LogP contribution in [0.15, 0.2) is 0 Å². The van der Waals surface area contributed by atoms with E-state index in [4.69, 9.17) is 9.47 Å². The van der Waals surface area contributed by atoms with Crippen molar-refractivity contribution in [1.82, 2.24) is 0 Å². The Labute approximate surface area is 73.0 Å². The molecular formula is C9H16O3. The van der Waals surface area contributed by atoms with Gasteiger partial charge in [0.25, 0.3) is 0 Å². The fraction of sp³-hybridized carbons (Fsp3) is 0.889. The normalized spacial score (nSPS) is 19.2. The highest BCUT2D eigenvalue weighted by molar-refractivity contribution is 5.84. The summed E-state index contributed by atoms with van der Waals surface area (Å²) in [4.78, 5) is 11.4. The molecule has 1 aliphatic carbocycles. The Balaban J connectivity index is 2.26. The molecule has 1 saturated carbocycles. The number of Topliss-reactive ketones (excluding diaryl/α,β-unsaturated/α-hetero) is 1. The lowest BCUT2D eigenvalue weighted by Gasteiger charge is -2.12. The molecular weight excluding hydrogens is 156 g/mol. The minimum atomic E-state index is -0.212. The molecule has 1 atom stereocenters. The van der Waals surface area contributed by atoms with E-state index in [1.807, 2.05) is 6.92 Å². The molecule has 0 aromatic carbocycles. The molecule has 0 heterocycles. The third-order valence-electron chi connectivity index (χ3n) is 2.07. The van der Waals surface area contributed by atoms with Gasteiger partial charge in [-0.2, -0.15) is 0 Å². The highest BCUT2D eigenvalue weighted by Gasteiger charge is 2.35. The van der Waals surface area contributed by atoms with Gasteiger partial charge >= 0.3 is 0 Å². The Hall–Kier alpha value is -0.410. The van der Waals surface area contributed by atoms with E-state index in [1.165, 1.54) is 0 Å². The zero-order chi connectivity index (χ0) is 8.97. The lowest BCUT2D eigenvalue weighted by Crippen LogP contribution is -2.28. The van der Waals surface area contributed by atoms with E-state index < -0.39 is 0 Å². The predicted molar refractivity (Wildman–Crippen MR) is 45.0 cm³/mol. The van der Waals surface area contributed by atoms with Gasteiger partial charge in [0.15, 0.2) is 5.78 Å². The maximum atomic E-state index is 11.4. The number of methoxy groups -OCH3 is 1. The monoisotopic (exact) mass is 172 g/mol. The second kappa shape index (κ2) is 4.58. The zero-order valence-corrected chi connectivity index (χ0v) is 7.71. The largest absolute Gasteiger partial charge is 0.374 e. The smallest absolute Gasteiger partial charge is 0.187 e. The summed E-state index contributed by atoms with van der Waals surface area (Å²) >= 11 is 0. The van der Waals surface area contributed by atoms with Crippen molar-refractivity contribution in [3.63, 3.8) is 0 Å². The van der Waals surface area contributed by atoms with Crippen molar-refractivity contribution in [3.8, 4) is 0 Å². The van der Waals surface area contributed by atoms with E-state index in [2.05, 4.69) is 0 Å². The molecule has 3 heteroatoms. The Bertz CT molecular complexity index is 152. The molecule has 0 aliphatic heterocycles. The molecule has 1 aliphatic rings. The first kappa shape index (κ1) is 9.68. The molecule has 70 valence electrons. The van der Waals surface area contributed by atoms with Crippen LogP contribution < -0.4 is 0 Å². The molecule has 1 rings (SSSR count). The molecule has 0 aromatic heterocycles. The fourth-order valence-electron chi connectivity index (χ4n) is 1.27. The number of carbonyl (C=O) groups is 1. The summed E-state index contributed by atoms with van der Waals surface area (Å²) in [5, 5.41) is 0. The van der Waals surface area contributed by atoms with Crippen LogP contribution in [-0.2, 0) is 14.3 Å². The predicted octanol–water partition coefficient (Wildman–Crippen LogP) is 1.02. The van der Waals surface area contributed by atoms with Crippen molar-refractivity contribution < 1.29 is 14.3 Å². The molecule has 0 radical (unpaired) electrons. The average molecular weight is 172 g/mol. The van der Waals surface area contributed by atoms with Gasteiger partial charge in [0.05, 0.1) is 0 Å². The van der Waals surface area contributed by atoms with Gasteiger partial charge in [0, 0.05) is 13.7 Å². The Morgan fingerprint density at radius 3 is 2.67 bits per heavy atom. The highest BCUT2D eigenvalue weighted by Crippen LogP contribution is 2.34. The third kappa shape index (κ3) is 2.57. The van der Waals surface area contributed by atoms with Crippen molar-refractivity contribution in [2.24, 2.45) is 5.92 Å². The maximum absolute atomic E-state index is 11.4. The maximum Gasteiger partial charge on any atom is 0.187 e. The van der Waals surface area contributed by atoms with Crippen LogP contribution in [0.5, 0.6) is 0 Å². The van der Waals surface area contributed by atoms with E-state index in [1.54, 1.807) is 7.11 Å². The quantitative estimate of drug-likeness (QED) is 0.600. The van der Waals surface area contributed by atoms with E-state index in [0.717, 1.165) is 12.8 Å². The van der Waals surface area contributed by atoms with Crippen molar-refractivity contribution in [3.05, 3.63) is 0 Å². The SMILES string of the molecule is CCOCC(=O)C(OC)C1CC1. The molecule has 0 aromatic rings. The zero-order valence-electron chi connectivity index (χ0n) is 7.71. The summed E-state index contributed by atoms with van der Waals surface area (Å²) in [7, 11) is 1.59. The van der Waals surface area contributed by atoms with Gasteiger partial charge in [-0.3, -0.25) is 4.79 Å². The van der Waals surface area contributed by atoms with Crippen LogP contribution >= 0.6 is 0 Å². The standard InChI is InChI=1S/C9H16O3/c1-3-12-6-8(10)9(11-2)7-4-5-7/h7,9H,3-6H2,1-2H3. The number of hydrogen-bond acceptors (Lipinski definition) is 3. The summed E-state index contributed by atoms with van der Waals surface area (Å²) in [6, 6.07) is 0. The van der Waals surface area contributed by atoms with Gasteiger partial charge in [-0.05, 0) is 25.7 Å². The number of ether oxygens (including phenoxy) is 2. The summed E-state index contributed by atoms with van der Waals surface area (Å²) in [6.45, 7) is 2.67. The molecule has 3 nitrogen and oxygen atoms in total. The molecule has 0 bridgehead atoms. The van der Waals surface area contributed by atoms with Crippen LogP contribution in [0.1, 0.15) is 19.8 Å².